The van der Waals surface area contributed by atoms with Crippen molar-refractivity contribution < 1.29 is 4.42 Å². The van der Waals surface area contributed by atoms with Crippen LogP contribution in [0.25, 0.3) is 11.5 Å². The molecule has 2 aromatic carbocycles. The van der Waals surface area contributed by atoms with Crippen LogP contribution in [0.2, 0.25) is 5.02 Å². The maximum absolute atomic E-state index is 6.06. The molecule has 0 spiro atoms. The van der Waals surface area contributed by atoms with Gasteiger partial charge in [0, 0.05) is 42.5 Å². The smallest absolute Gasteiger partial charge is 0.247 e. The number of hydrogen-bond acceptors (Lipinski definition) is 5. The molecule has 6 heteroatoms. The molecule has 4 rings (SSSR count). The van der Waals surface area contributed by atoms with Gasteiger partial charge in [-0.25, -0.2) is 0 Å². The Bertz CT molecular complexity index is 918. The van der Waals surface area contributed by atoms with Crippen LogP contribution in [0, 0.1) is 6.92 Å². The summed E-state index contributed by atoms with van der Waals surface area (Å²) in [4.78, 5) is 4.84. The largest absolute Gasteiger partial charge is 0.419 e. The van der Waals surface area contributed by atoms with E-state index < -0.39 is 0 Å². The van der Waals surface area contributed by atoms with Crippen LogP contribution in [0.1, 0.15) is 24.4 Å². The van der Waals surface area contributed by atoms with Gasteiger partial charge in [-0.3, -0.25) is 4.90 Å². The zero-order chi connectivity index (χ0) is 18.8. The molecule has 1 atom stereocenters. The topological polar surface area (TPSA) is 45.4 Å². The van der Waals surface area contributed by atoms with Gasteiger partial charge in [-0.1, -0.05) is 35.9 Å². The third-order valence-corrected chi connectivity index (χ3v) is 5.42. The summed E-state index contributed by atoms with van der Waals surface area (Å²) in [6, 6.07) is 16.1. The molecule has 1 aromatic heterocycles. The molecular weight excluding hydrogens is 360 g/mol. The highest BCUT2D eigenvalue weighted by atomic mass is 35.5. The molecule has 0 saturated carbocycles. The molecule has 0 amide bonds. The van der Waals surface area contributed by atoms with Crippen molar-refractivity contribution in [3.63, 3.8) is 0 Å². The fourth-order valence-electron chi connectivity index (χ4n) is 3.57. The number of rotatable bonds is 4. The van der Waals surface area contributed by atoms with E-state index in [4.69, 9.17) is 16.0 Å². The molecule has 1 aliphatic heterocycles. The molecule has 0 N–H and O–H groups in total. The Morgan fingerprint density at radius 3 is 2.52 bits per heavy atom. The average Bonchev–Trinajstić information content (AvgIpc) is 3.18. The van der Waals surface area contributed by atoms with E-state index in [-0.39, 0.29) is 6.04 Å². The Labute approximate surface area is 164 Å². The molecule has 0 unspecified atom stereocenters. The number of piperazine rings is 1. The van der Waals surface area contributed by atoms with Gasteiger partial charge in [0.2, 0.25) is 11.8 Å². The van der Waals surface area contributed by atoms with Crippen LogP contribution in [-0.4, -0.2) is 41.3 Å². The van der Waals surface area contributed by atoms with Gasteiger partial charge in [0.25, 0.3) is 0 Å². The van der Waals surface area contributed by atoms with Crippen LogP contribution in [0.4, 0.5) is 5.69 Å². The minimum Gasteiger partial charge on any atom is -0.419 e. The summed E-state index contributed by atoms with van der Waals surface area (Å²) >= 11 is 6.06. The molecule has 27 heavy (non-hydrogen) atoms. The highest BCUT2D eigenvalue weighted by molar-refractivity contribution is 6.30. The number of benzene rings is 2. The monoisotopic (exact) mass is 382 g/mol. The lowest BCUT2D eigenvalue weighted by atomic mass is 10.1. The second-order valence-electron chi connectivity index (χ2n) is 6.94. The summed E-state index contributed by atoms with van der Waals surface area (Å²) in [6.07, 6.45) is 0. The molecule has 1 aliphatic rings. The van der Waals surface area contributed by atoms with E-state index in [2.05, 4.69) is 58.1 Å². The number of anilines is 1. The Morgan fingerprint density at radius 2 is 1.78 bits per heavy atom. The Morgan fingerprint density at radius 1 is 1.00 bits per heavy atom. The van der Waals surface area contributed by atoms with Gasteiger partial charge < -0.3 is 9.32 Å². The Kier molecular flexibility index (Phi) is 5.14. The first kappa shape index (κ1) is 18.0. The van der Waals surface area contributed by atoms with Crippen molar-refractivity contribution in [2.45, 2.75) is 19.9 Å². The molecule has 0 radical (unpaired) electrons. The van der Waals surface area contributed by atoms with Crippen molar-refractivity contribution in [2.24, 2.45) is 0 Å². The normalized spacial score (nSPS) is 16.5. The van der Waals surface area contributed by atoms with Crippen LogP contribution in [0.15, 0.2) is 52.9 Å². The van der Waals surface area contributed by atoms with Crippen molar-refractivity contribution in [3.05, 3.63) is 65.0 Å². The molecular formula is C21H23ClN4O. The SMILES string of the molecule is Cc1ccccc1N1CCN([C@@H](C)c2nnc(-c3cccc(Cl)c3)o2)CC1. The summed E-state index contributed by atoms with van der Waals surface area (Å²) in [5.41, 5.74) is 3.49. The fourth-order valence-corrected chi connectivity index (χ4v) is 3.76. The van der Waals surface area contributed by atoms with E-state index in [0.29, 0.717) is 16.8 Å². The van der Waals surface area contributed by atoms with Crippen molar-refractivity contribution in [3.8, 4) is 11.5 Å². The number of halogens is 1. The van der Waals surface area contributed by atoms with Crippen LogP contribution in [-0.2, 0) is 0 Å². The number of aromatic nitrogens is 2. The Balaban J connectivity index is 1.43. The van der Waals surface area contributed by atoms with Gasteiger partial charge in [-0.05, 0) is 43.7 Å². The lowest BCUT2D eigenvalue weighted by molar-refractivity contribution is 0.173. The van der Waals surface area contributed by atoms with E-state index in [1.807, 2.05) is 24.3 Å². The lowest BCUT2D eigenvalue weighted by Gasteiger charge is -2.38. The highest BCUT2D eigenvalue weighted by Gasteiger charge is 2.26. The quantitative estimate of drug-likeness (QED) is 0.660. The minimum absolute atomic E-state index is 0.0875. The summed E-state index contributed by atoms with van der Waals surface area (Å²) in [5, 5.41) is 9.14. The summed E-state index contributed by atoms with van der Waals surface area (Å²) in [5.74, 6) is 1.16. The Hall–Kier alpha value is -2.37. The molecule has 0 bridgehead atoms. The lowest BCUT2D eigenvalue weighted by Crippen LogP contribution is -2.47. The van der Waals surface area contributed by atoms with Crippen molar-refractivity contribution in [1.29, 1.82) is 0 Å². The number of para-hydroxylation sites is 1. The first-order valence-electron chi connectivity index (χ1n) is 9.26. The van der Waals surface area contributed by atoms with E-state index >= 15 is 0 Å². The van der Waals surface area contributed by atoms with Crippen molar-refractivity contribution >= 4 is 17.3 Å². The molecule has 3 aromatic rings. The molecule has 2 heterocycles. The van der Waals surface area contributed by atoms with Gasteiger partial charge in [0.1, 0.15) is 0 Å². The molecule has 1 fully saturated rings. The van der Waals surface area contributed by atoms with Crippen LogP contribution in [0.5, 0.6) is 0 Å². The zero-order valence-corrected chi connectivity index (χ0v) is 16.4. The zero-order valence-electron chi connectivity index (χ0n) is 15.6. The third-order valence-electron chi connectivity index (χ3n) is 5.19. The second-order valence-corrected chi connectivity index (χ2v) is 7.38. The summed E-state index contributed by atoms with van der Waals surface area (Å²) in [6.45, 7) is 8.20. The van der Waals surface area contributed by atoms with Crippen LogP contribution in [0.3, 0.4) is 0 Å². The number of aryl methyl sites for hydroxylation is 1. The number of nitrogens with zero attached hydrogens (tertiary/aromatic N) is 4. The summed E-state index contributed by atoms with van der Waals surface area (Å²) < 4.78 is 5.93. The first-order chi connectivity index (χ1) is 13.1. The molecule has 1 saturated heterocycles. The van der Waals surface area contributed by atoms with Gasteiger partial charge in [-0.2, -0.15) is 0 Å². The van der Waals surface area contributed by atoms with E-state index in [1.54, 1.807) is 0 Å². The minimum atomic E-state index is 0.0875. The van der Waals surface area contributed by atoms with E-state index in [9.17, 15) is 0 Å². The predicted octanol–water partition coefficient (Wildman–Crippen LogP) is 4.58. The fraction of sp³-hybridized carbons (Fsp3) is 0.333. The molecule has 140 valence electrons. The third kappa shape index (κ3) is 3.84. The van der Waals surface area contributed by atoms with E-state index in [1.165, 1.54) is 11.3 Å². The van der Waals surface area contributed by atoms with E-state index in [0.717, 1.165) is 31.7 Å². The summed E-state index contributed by atoms with van der Waals surface area (Å²) in [7, 11) is 0. The molecule has 5 nitrogen and oxygen atoms in total. The predicted molar refractivity (Wildman–Crippen MR) is 108 cm³/mol. The van der Waals surface area contributed by atoms with Gasteiger partial charge in [-0.15, -0.1) is 10.2 Å². The number of hydrogen-bond donors (Lipinski definition) is 0. The maximum atomic E-state index is 6.06. The van der Waals surface area contributed by atoms with Gasteiger partial charge in [0.05, 0.1) is 6.04 Å². The van der Waals surface area contributed by atoms with Gasteiger partial charge >= 0.3 is 0 Å². The van der Waals surface area contributed by atoms with Crippen molar-refractivity contribution in [1.82, 2.24) is 15.1 Å². The highest BCUT2D eigenvalue weighted by Crippen LogP contribution is 2.27. The van der Waals surface area contributed by atoms with Crippen molar-refractivity contribution in [2.75, 3.05) is 31.1 Å². The maximum Gasteiger partial charge on any atom is 0.247 e. The first-order valence-corrected chi connectivity index (χ1v) is 9.63. The average molecular weight is 383 g/mol. The van der Waals surface area contributed by atoms with Crippen LogP contribution < -0.4 is 4.90 Å². The standard InChI is InChI=1S/C21H23ClN4O/c1-15-6-3-4-9-19(15)26-12-10-25(11-13-26)16(2)20-23-24-21(27-20)17-7-5-8-18(22)14-17/h3-9,14,16H,10-13H2,1-2H3/t16-/m0/s1. The van der Waals surface area contributed by atoms with Crippen LogP contribution >= 0.6 is 11.6 Å². The van der Waals surface area contributed by atoms with Gasteiger partial charge in [0.15, 0.2) is 0 Å². The molecule has 0 aliphatic carbocycles. The second kappa shape index (κ2) is 7.71.